The van der Waals surface area contributed by atoms with Crippen LogP contribution in [0.5, 0.6) is 11.5 Å². The van der Waals surface area contributed by atoms with E-state index in [2.05, 4.69) is 0 Å². The lowest BCUT2D eigenvalue weighted by molar-refractivity contribution is -0.315. The van der Waals surface area contributed by atoms with Crippen LogP contribution >= 0.6 is 0 Å². The summed E-state index contributed by atoms with van der Waals surface area (Å²) >= 11 is 0. The fraction of sp³-hybridized carbons (Fsp3) is 0.250. The molecule has 0 radical (unpaired) electrons. The molecule has 4 aromatic carbocycles. The second-order valence-corrected chi connectivity index (χ2v) is 10.3. The van der Waals surface area contributed by atoms with E-state index in [1.54, 1.807) is 0 Å². The van der Waals surface area contributed by atoms with E-state index in [0.717, 1.165) is 24.3 Å². The summed E-state index contributed by atoms with van der Waals surface area (Å²) in [6.45, 7) is 2.98. The third-order valence-electron chi connectivity index (χ3n) is 7.21. The van der Waals surface area contributed by atoms with Crippen LogP contribution in [-0.4, -0.2) is 12.4 Å². The number of hydrogen-bond acceptors (Lipinski definition) is 1. The molecule has 2 unspecified atom stereocenters. The van der Waals surface area contributed by atoms with Gasteiger partial charge in [-0.3, -0.25) is 0 Å². The van der Waals surface area contributed by atoms with Crippen LogP contribution in [0.15, 0.2) is 97.1 Å². The van der Waals surface area contributed by atoms with E-state index in [-0.39, 0.29) is 11.5 Å². The quantitative estimate of drug-likeness (QED) is 0.173. The Morgan fingerprint density at radius 3 is 0.844 bits per heavy atom. The number of rotatable bonds is 8. The molecule has 0 aliphatic rings. The van der Waals surface area contributed by atoms with Gasteiger partial charge < -0.3 is 4.74 Å². The van der Waals surface area contributed by atoms with E-state index in [9.17, 15) is 26.3 Å². The van der Waals surface area contributed by atoms with Crippen molar-refractivity contribution < 1.29 is 57.4 Å². The molecule has 0 saturated heterocycles. The molecule has 0 spiro atoms. The Labute approximate surface area is 249 Å². The van der Waals surface area contributed by atoms with Crippen LogP contribution in [0, 0.1) is 13.8 Å². The average molecular weight is 651 g/mol. The van der Waals surface area contributed by atoms with Crippen molar-refractivity contribution in [2.45, 2.75) is 49.4 Å². The van der Waals surface area contributed by atoms with Crippen molar-refractivity contribution in [3.63, 3.8) is 0 Å². The van der Waals surface area contributed by atoms with Gasteiger partial charge in [0, 0.05) is 22.3 Å². The molecule has 0 bridgehead atoms. The Morgan fingerprint density at radius 1 is 0.356 bits per heavy atom. The van der Waals surface area contributed by atoms with Gasteiger partial charge in [0.2, 0.25) is 0 Å². The van der Waals surface area contributed by atoms with Gasteiger partial charge in [-0.25, -0.2) is 8.78 Å². The Hall–Kier alpha value is -4.16. The summed E-state index contributed by atoms with van der Waals surface area (Å²) in [5.74, 6) is -10.9. The van der Waals surface area contributed by atoms with Crippen molar-refractivity contribution in [3.05, 3.63) is 130 Å². The summed E-state index contributed by atoms with van der Waals surface area (Å²) in [6.07, 6.45) is -12.2. The second kappa shape index (κ2) is 11.3. The van der Waals surface area contributed by atoms with Crippen LogP contribution in [-0.2, 0) is 23.2 Å². The van der Waals surface area contributed by atoms with Gasteiger partial charge in [-0.15, -0.1) is 0 Å². The summed E-state index contributed by atoms with van der Waals surface area (Å²) in [5, 5.41) is 0. The zero-order valence-corrected chi connectivity index (χ0v) is 23.2. The molecular weight excluding hydrogens is 628 g/mol. The van der Waals surface area contributed by atoms with Gasteiger partial charge in [-0.1, -0.05) is 83.9 Å². The Bertz CT molecular complexity index is 1490. The first kappa shape index (κ1) is 33.7. The summed E-state index contributed by atoms with van der Waals surface area (Å²) in [4.78, 5) is 0. The fourth-order valence-electron chi connectivity index (χ4n) is 4.61. The number of benzene rings is 4. The van der Waals surface area contributed by atoms with Gasteiger partial charge in [-0.2, -0.15) is 43.9 Å². The standard InChI is InChI=1S/C32H22F12O/c1-19-3-7-23(8-4-19)29(35,36)27(33,31(39,40)41)21-11-15-25(16-12-21)45-26-17-13-22(14-18-26)28(34,32(42,43)44)30(37,38)24-9-5-20(2)6-10-24/h3-18H,1-2H3. The molecule has 13 heteroatoms. The predicted molar refractivity (Wildman–Crippen MR) is 141 cm³/mol. The van der Waals surface area contributed by atoms with Crippen molar-refractivity contribution in [2.75, 3.05) is 0 Å². The number of hydrogen-bond donors (Lipinski definition) is 0. The minimum atomic E-state index is -6.09. The van der Waals surface area contributed by atoms with Crippen LogP contribution in [0.2, 0.25) is 0 Å². The number of ether oxygens (including phenoxy) is 1. The molecule has 0 aliphatic carbocycles. The van der Waals surface area contributed by atoms with Crippen molar-refractivity contribution >= 4 is 0 Å². The van der Waals surface area contributed by atoms with E-state index in [0.29, 0.717) is 83.9 Å². The second-order valence-electron chi connectivity index (χ2n) is 10.3. The van der Waals surface area contributed by atoms with Gasteiger partial charge in [0.05, 0.1) is 0 Å². The Balaban J connectivity index is 1.64. The van der Waals surface area contributed by atoms with E-state index >= 15 is 26.3 Å². The molecule has 4 aromatic rings. The molecule has 240 valence electrons. The van der Waals surface area contributed by atoms with E-state index < -0.39 is 57.8 Å². The normalized spacial score (nSPS) is 15.7. The highest BCUT2D eigenvalue weighted by molar-refractivity contribution is 5.42. The fourth-order valence-corrected chi connectivity index (χ4v) is 4.61. The molecule has 0 aliphatic heterocycles. The summed E-state index contributed by atoms with van der Waals surface area (Å²) in [7, 11) is 0. The van der Waals surface area contributed by atoms with Crippen molar-refractivity contribution in [2.24, 2.45) is 0 Å². The minimum Gasteiger partial charge on any atom is -0.457 e. The third-order valence-corrected chi connectivity index (χ3v) is 7.21. The largest absolute Gasteiger partial charge is 0.457 e. The van der Waals surface area contributed by atoms with E-state index in [1.807, 2.05) is 0 Å². The zero-order valence-electron chi connectivity index (χ0n) is 23.2. The van der Waals surface area contributed by atoms with Gasteiger partial charge in [0.25, 0.3) is 11.3 Å². The molecule has 0 aromatic heterocycles. The molecule has 0 N–H and O–H groups in total. The predicted octanol–water partition coefficient (Wildman–Crippen LogP) is 11.1. The maximum atomic E-state index is 15.5. The molecule has 2 atom stereocenters. The molecular formula is C32H22F12O. The molecule has 1 nitrogen and oxygen atoms in total. The molecule has 0 fully saturated rings. The van der Waals surface area contributed by atoms with Crippen molar-refractivity contribution in [1.29, 1.82) is 0 Å². The topological polar surface area (TPSA) is 9.23 Å². The van der Waals surface area contributed by atoms with E-state index in [1.165, 1.54) is 13.8 Å². The van der Waals surface area contributed by atoms with Crippen LogP contribution in [0.3, 0.4) is 0 Å². The average Bonchev–Trinajstić information content (AvgIpc) is 2.96. The minimum absolute atomic E-state index is 0.387. The monoisotopic (exact) mass is 650 g/mol. The van der Waals surface area contributed by atoms with Crippen LogP contribution < -0.4 is 4.74 Å². The van der Waals surface area contributed by atoms with Crippen molar-refractivity contribution in [1.82, 2.24) is 0 Å². The highest BCUT2D eigenvalue weighted by atomic mass is 19.4. The van der Waals surface area contributed by atoms with Crippen LogP contribution in [0.25, 0.3) is 0 Å². The molecule has 45 heavy (non-hydrogen) atoms. The number of aryl methyl sites for hydroxylation is 2. The maximum Gasteiger partial charge on any atom is 0.433 e. The lowest BCUT2D eigenvalue weighted by Gasteiger charge is -2.35. The third kappa shape index (κ3) is 5.72. The van der Waals surface area contributed by atoms with Crippen molar-refractivity contribution in [3.8, 4) is 11.5 Å². The molecule has 0 amide bonds. The lowest BCUT2D eigenvalue weighted by atomic mass is 9.84. The summed E-state index contributed by atoms with van der Waals surface area (Å²) in [5.41, 5.74) is -14.9. The summed E-state index contributed by atoms with van der Waals surface area (Å²) in [6, 6.07) is 11.3. The lowest BCUT2D eigenvalue weighted by Crippen LogP contribution is -2.51. The highest BCUT2D eigenvalue weighted by Gasteiger charge is 2.73. The van der Waals surface area contributed by atoms with Crippen LogP contribution in [0.1, 0.15) is 33.4 Å². The summed E-state index contributed by atoms with van der Waals surface area (Å²) < 4.78 is 180. The molecule has 0 heterocycles. The SMILES string of the molecule is Cc1ccc(C(F)(F)C(F)(c2ccc(Oc3ccc(C(F)(C(F)(F)F)C(F)(F)c4ccc(C)cc4)cc3)cc2)C(F)(F)F)cc1. The smallest absolute Gasteiger partial charge is 0.433 e. The Kier molecular flexibility index (Phi) is 8.49. The van der Waals surface area contributed by atoms with Gasteiger partial charge in [0.1, 0.15) is 11.5 Å². The first-order chi connectivity index (χ1) is 20.7. The van der Waals surface area contributed by atoms with Gasteiger partial charge in [-0.05, 0) is 38.1 Å². The number of alkyl halides is 12. The number of halogens is 12. The first-order valence-electron chi connectivity index (χ1n) is 13.0. The Morgan fingerprint density at radius 2 is 0.600 bits per heavy atom. The maximum absolute atomic E-state index is 15.5. The van der Waals surface area contributed by atoms with E-state index in [4.69, 9.17) is 4.74 Å². The first-order valence-corrected chi connectivity index (χ1v) is 13.0. The highest BCUT2D eigenvalue weighted by Crippen LogP contribution is 2.58. The molecule has 4 rings (SSSR count). The zero-order chi connectivity index (χ0) is 33.6. The van der Waals surface area contributed by atoms with Gasteiger partial charge in [0.15, 0.2) is 0 Å². The molecule has 0 saturated carbocycles. The van der Waals surface area contributed by atoms with Gasteiger partial charge >= 0.3 is 24.2 Å². The van der Waals surface area contributed by atoms with Crippen LogP contribution in [0.4, 0.5) is 52.7 Å².